The van der Waals surface area contributed by atoms with Gasteiger partial charge in [0.25, 0.3) is 0 Å². The van der Waals surface area contributed by atoms with Crippen LogP contribution in [0.15, 0.2) is 0 Å². The second kappa shape index (κ2) is 4.70. The van der Waals surface area contributed by atoms with E-state index in [1.807, 2.05) is 6.92 Å². The number of rotatable bonds is 5. The largest absolute Gasteiger partial charge is 0.380 e. The van der Waals surface area contributed by atoms with Crippen LogP contribution in [-0.2, 0) is 4.74 Å². The van der Waals surface area contributed by atoms with Crippen LogP contribution in [0.3, 0.4) is 0 Å². The van der Waals surface area contributed by atoms with Crippen LogP contribution in [-0.4, -0.2) is 31.8 Å². The molecule has 0 radical (unpaired) electrons. The fraction of sp³-hybridized carbons (Fsp3) is 1.00. The Bertz CT molecular complexity index is 104. The van der Waals surface area contributed by atoms with Crippen LogP contribution >= 0.6 is 0 Å². The van der Waals surface area contributed by atoms with Crippen LogP contribution in [0.2, 0.25) is 0 Å². The van der Waals surface area contributed by atoms with Crippen molar-refractivity contribution in [3.63, 3.8) is 0 Å². The minimum atomic E-state index is 0.00806. The zero-order chi connectivity index (χ0) is 8.91. The molecule has 0 amide bonds. The first-order valence-corrected chi connectivity index (χ1v) is 4.02. The van der Waals surface area contributed by atoms with Crippen molar-refractivity contribution >= 4 is 0 Å². The Balaban J connectivity index is 3.77. The van der Waals surface area contributed by atoms with Gasteiger partial charge in [-0.1, -0.05) is 0 Å². The Labute approximate surface area is 69.3 Å². The van der Waals surface area contributed by atoms with Crippen LogP contribution in [0.4, 0.5) is 0 Å². The number of hydrogen-bond donors (Lipinski definition) is 2. The Morgan fingerprint density at radius 1 is 1.55 bits per heavy atom. The summed E-state index contributed by atoms with van der Waals surface area (Å²) in [6.07, 6.45) is 0.203. The average molecular weight is 160 g/mol. The Morgan fingerprint density at radius 2 is 2.09 bits per heavy atom. The van der Waals surface area contributed by atoms with Crippen molar-refractivity contribution in [3.8, 4) is 0 Å². The fourth-order valence-electron chi connectivity index (χ4n) is 0.833. The summed E-state index contributed by atoms with van der Waals surface area (Å²) in [5.74, 6) is 0. The molecule has 0 aromatic heterocycles. The van der Waals surface area contributed by atoms with Crippen LogP contribution < -0.4 is 11.1 Å². The highest BCUT2D eigenvalue weighted by molar-refractivity contribution is 4.83. The second-order valence-corrected chi connectivity index (χ2v) is 3.32. The molecule has 0 heterocycles. The topological polar surface area (TPSA) is 47.3 Å². The summed E-state index contributed by atoms with van der Waals surface area (Å²) in [4.78, 5) is 0. The smallest absolute Gasteiger partial charge is 0.0719 e. The lowest BCUT2D eigenvalue weighted by molar-refractivity contribution is 0.0473. The lowest BCUT2D eigenvalue weighted by Crippen LogP contribution is -2.50. The van der Waals surface area contributed by atoms with E-state index in [1.54, 1.807) is 7.11 Å². The van der Waals surface area contributed by atoms with Crippen molar-refractivity contribution in [3.05, 3.63) is 0 Å². The molecule has 0 spiro atoms. The molecule has 1 unspecified atom stereocenters. The van der Waals surface area contributed by atoms with Crippen molar-refractivity contribution in [2.24, 2.45) is 5.73 Å². The fourth-order valence-corrected chi connectivity index (χ4v) is 0.833. The molecule has 0 aliphatic rings. The van der Waals surface area contributed by atoms with Gasteiger partial charge >= 0.3 is 0 Å². The minimum Gasteiger partial charge on any atom is -0.380 e. The van der Waals surface area contributed by atoms with Gasteiger partial charge in [0.05, 0.1) is 6.10 Å². The highest BCUT2D eigenvalue weighted by Gasteiger charge is 2.24. The highest BCUT2D eigenvalue weighted by atomic mass is 16.5. The molecular formula is C8H20N2O. The predicted octanol–water partition coefficient (Wildman–Crippen LogP) is 0.348. The molecule has 0 saturated heterocycles. The third kappa shape index (κ3) is 3.70. The van der Waals surface area contributed by atoms with Crippen LogP contribution in [0.1, 0.15) is 20.8 Å². The van der Waals surface area contributed by atoms with Crippen molar-refractivity contribution < 1.29 is 4.74 Å². The summed E-state index contributed by atoms with van der Waals surface area (Å²) in [5.41, 5.74) is 5.38. The third-order valence-electron chi connectivity index (χ3n) is 2.09. The number of nitrogens with two attached hydrogens (primary N) is 1. The Hall–Kier alpha value is -0.120. The van der Waals surface area contributed by atoms with Gasteiger partial charge in [0.15, 0.2) is 0 Å². The van der Waals surface area contributed by atoms with Gasteiger partial charge in [-0.15, -0.1) is 0 Å². The maximum atomic E-state index is 5.37. The van der Waals surface area contributed by atoms with Crippen LogP contribution in [0.25, 0.3) is 0 Å². The normalized spacial score (nSPS) is 15.0. The van der Waals surface area contributed by atoms with Gasteiger partial charge in [-0.25, -0.2) is 0 Å². The third-order valence-corrected chi connectivity index (χ3v) is 2.09. The first kappa shape index (κ1) is 10.9. The molecule has 0 rings (SSSR count). The molecule has 0 fully saturated rings. The SMILES string of the molecule is COC(C)C(C)(C)NCCN. The summed E-state index contributed by atoms with van der Waals surface area (Å²) >= 11 is 0. The van der Waals surface area contributed by atoms with Gasteiger partial charge in [-0.3, -0.25) is 0 Å². The standard InChI is InChI=1S/C8H20N2O/c1-7(11-4)8(2,3)10-6-5-9/h7,10H,5-6,9H2,1-4H3. The van der Waals surface area contributed by atoms with Gasteiger partial charge in [-0.2, -0.15) is 0 Å². The van der Waals surface area contributed by atoms with Crippen molar-refractivity contribution in [1.29, 1.82) is 0 Å². The van der Waals surface area contributed by atoms with Crippen LogP contribution in [0, 0.1) is 0 Å². The number of ether oxygens (including phenoxy) is 1. The van der Waals surface area contributed by atoms with E-state index in [0.717, 1.165) is 6.54 Å². The van der Waals surface area contributed by atoms with E-state index >= 15 is 0 Å². The highest BCUT2D eigenvalue weighted by Crippen LogP contribution is 2.10. The van der Waals surface area contributed by atoms with E-state index in [9.17, 15) is 0 Å². The monoisotopic (exact) mass is 160 g/mol. The van der Waals surface area contributed by atoms with E-state index < -0.39 is 0 Å². The zero-order valence-corrected chi connectivity index (χ0v) is 7.98. The molecule has 0 saturated carbocycles. The lowest BCUT2D eigenvalue weighted by atomic mass is 9.99. The number of nitrogens with one attached hydrogen (secondary N) is 1. The zero-order valence-electron chi connectivity index (χ0n) is 7.98. The maximum absolute atomic E-state index is 5.37. The molecule has 0 bridgehead atoms. The lowest BCUT2D eigenvalue weighted by Gasteiger charge is -2.31. The Kier molecular flexibility index (Phi) is 4.65. The van der Waals surface area contributed by atoms with Crippen LogP contribution in [0.5, 0.6) is 0 Å². The first-order chi connectivity index (χ1) is 5.04. The number of hydrogen-bond acceptors (Lipinski definition) is 3. The number of methoxy groups -OCH3 is 1. The minimum absolute atomic E-state index is 0.00806. The summed E-state index contributed by atoms with van der Waals surface area (Å²) in [6.45, 7) is 7.76. The summed E-state index contributed by atoms with van der Waals surface area (Å²) in [5, 5.41) is 3.31. The van der Waals surface area contributed by atoms with E-state index in [2.05, 4.69) is 19.2 Å². The quantitative estimate of drug-likeness (QED) is 0.610. The molecular weight excluding hydrogens is 140 g/mol. The predicted molar refractivity (Wildman–Crippen MR) is 47.6 cm³/mol. The van der Waals surface area contributed by atoms with Gasteiger partial charge in [0, 0.05) is 25.7 Å². The molecule has 11 heavy (non-hydrogen) atoms. The Morgan fingerprint density at radius 3 is 2.45 bits per heavy atom. The molecule has 0 aromatic carbocycles. The van der Waals surface area contributed by atoms with Crippen molar-refractivity contribution in [1.82, 2.24) is 5.32 Å². The van der Waals surface area contributed by atoms with Gasteiger partial charge in [0.2, 0.25) is 0 Å². The van der Waals surface area contributed by atoms with E-state index in [0.29, 0.717) is 6.54 Å². The van der Waals surface area contributed by atoms with Crippen molar-refractivity contribution in [2.75, 3.05) is 20.2 Å². The molecule has 1 atom stereocenters. The molecule has 3 nitrogen and oxygen atoms in total. The van der Waals surface area contributed by atoms with Crippen molar-refractivity contribution in [2.45, 2.75) is 32.4 Å². The molecule has 0 aliphatic heterocycles. The van der Waals surface area contributed by atoms with Gasteiger partial charge in [0.1, 0.15) is 0 Å². The van der Waals surface area contributed by atoms with Gasteiger partial charge < -0.3 is 15.8 Å². The van der Waals surface area contributed by atoms with E-state index in [-0.39, 0.29) is 11.6 Å². The summed E-state index contributed by atoms with van der Waals surface area (Å²) in [7, 11) is 1.72. The molecule has 0 aromatic rings. The molecule has 3 N–H and O–H groups in total. The molecule has 0 aliphatic carbocycles. The summed E-state index contributed by atoms with van der Waals surface area (Å²) in [6, 6.07) is 0. The summed E-state index contributed by atoms with van der Waals surface area (Å²) < 4.78 is 5.21. The second-order valence-electron chi connectivity index (χ2n) is 3.32. The maximum Gasteiger partial charge on any atom is 0.0719 e. The molecule has 68 valence electrons. The average Bonchev–Trinajstić information content (AvgIpc) is 1.99. The van der Waals surface area contributed by atoms with E-state index in [1.165, 1.54) is 0 Å². The first-order valence-electron chi connectivity index (χ1n) is 4.02. The van der Waals surface area contributed by atoms with Gasteiger partial charge in [-0.05, 0) is 20.8 Å². The van der Waals surface area contributed by atoms with E-state index in [4.69, 9.17) is 10.5 Å². The molecule has 3 heteroatoms.